The summed E-state index contributed by atoms with van der Waals surface area (Å²) in [7, 11) is 0. The number of anilines is 1. The first-order valence-corrected chi connectivity index (χ1v) is 9.26. The zero-order valence-corrected chi connectivity index (χ0v) is 14.9. The minimum absolute atomic E-state index is 0.784. The van der Waals surface area contributed by atoms with Crippen LogP contribution in [0.5, 0.6) is 0 Å². The third-order valence-electron chi connectivity index (χ3n) is 5.11. The minimum Gasteiger partial charge on any atom is -0.399 e. The number of benzene rings is 1. The largest absolute Gasteiger partial charge is 0.399 e. The highest BCUT2D eigenvalue weighted by molar-refractivity contribution is 5.69. The summed E-state index contributed by atoms with van der Waals surface area (Å²) >= 11 is 0. The van der Waals surface area contributed by atoms with Crippen molar-refractivity contribution in [1.29, 1.82) is 0 Å². The molecule has 0 saturated carbocycles. The second-order valence-electron chi connectivity index (χ2n) is 7.16. The van der Waals surface area contributed by atoms with Crippen LogP contribution < -0.4 is 5.73 Å². The summed E-state index contributed by atoms with van der Waals surface area (Å²) in [6.07, 6.45) is 7.45. The van der Waals surface area contributed by atoms with Gasteiger partial charge in [0.1, 0.15) is 5.65 Å². The number of pyridine rings is 1. The third kappa shape index (κ3) is 3.40. The molecule has 3 heterocycles. The zero-order valence-electron chi connectivity index (χ0n) is 14.9. The number of likely N-dealkylation sites (tertiary alicyclic amines) is 1. The lowest BCUT2D eigenvalue weighted by atomic mass is 10.1. The molecule has 0 unspecified atom stereocenters. The van der Waals surface area contributed by atoms with Gasteiger partial charge in [0.15, 0.2) is 0 Å². The van der Waals surface area contributed by atoms with E-state index < -0.39 is 0 Å². The van der Waals surface area contributed by atoms with Gasteiger partial charge < -0.3 is 10.1 Å². The van der Waals surface area contributed by atoms with E-state index in [-0.39, 0.29) is 0 Å². The van der Waals surface area contributed by atoms with Gasteiger partial charge in [-0.15, -0.1) is 0 Å². The van der Waals surface area contributed by atoms with Crippen molar-refractivity contribution in [3.05, 3.63) is 53.9 Å². The van der Waals surface area contributed by atoms with Gasteiger partial charge in [0.05, 0.1) is 11.4 Å². The van der Waals surface area contributed by atoms with Crippen LogP contribution in [0.15, 0.2) is 42.6 Å². The molecule has 2 aromatic heterocycles. The van der Waals surface area contributed by atoms with E-state index in [0.717, 1.165) is 29.1 Å². The van der Waals surface area contributed by atoms with Gasteiger partial charge in [-0.05, 0) is 62.7 Å². The number of fused-ring (bicyclic) bond motifs is 1. The molecular formula is C21H26N4. The Balaban J connectivity index is 1.80. The van der Waals surface area contributed by atoms with E-state index >= 15 is 0 Å². The molecule has 4 rings (SSSR count). The molecule has 0 aliphatic carbocycles. The van der Waals surface area contributed by atoms with Crippen molar-refractivity contribution in [3.8, 4) is 11.3 Å². The Morgan fingerprint density at radius 2 is 1.84 bits per heavy atom. The lowest BCUT2D eigenvalue weighted by Gasteiger charge is -2.20. The van der Waals surface area contributed by atoms with Crippen LogP contribution in [0.25, 0.3) is 16.9 Å². The van der Waals surface area contributed by atoms with Crippen LogP contribution in [0.1, 0.15) is 36.9 Å². The Labute approximate surface area is 149 Å². The fourth-order valence-electron chi connectivity index (χ4n) is 3.77. The highest BCUT2D eigenvalue weighted by Gasteiger charge is 2.18. The van der Waals surface area contributed by atoms with Crippen molar-refractivity contribution in [2.45, 2.75) is 39.2 Å². The summed E-state index contributed by atoms with van der Waals surface area (Å²) in [5.74, 6) is 0. The van der Waals surface area contributed by atoms with Gasteiger partial charge in [0.25, 0.3) is 0 Å². The molecule has 1 aliphatic heterocycles. The molecule has 0 bridgehead atoms. The van der Waals surface area contributed by atoms with E-state index in [2.05, 4.69) is 40.6 Å². The van der Waals surface area contributed by atoms with E-state index in [1.165, 1.54) is 50.0 Å². The number of nitrogens with two attached hydrogens (primary N) is 1. The molecule has 0 amide bonds. The van der Waals surface area contributed by atoms with Gasteiger partial charge in [-0.2, -0.15) is 0 Å². The topological polar surface area (TPSA) is 46.6 Å². The highest BCUT2D eigenvalue weighted by Crippen LogP contribution is 2.28. The van der Waals surface area contributed by atoms with E-state index in [1.54, 1.807) is 0 Å². The summed E-state index contributed by atoms with van der Waals surface area (Å²) < 4.78 is 2.25. The van der Waals surface area contributed by atoms with Crippen LogP contribution in [0.4, 0.5) is 5.69 Å². The van der Waals surface area contributed by atoms with Gasteiger partial charge in [-0.3, -0.25) is 4.90 Å². The Kier molecular flexibility index (Phi) is 4.45. The van der Waals surface area contributed by atoms with Gasteiger partial charge in [0.2, 0.25) is 0 Å². The standard InChI is InChI=1S/C21H26N4/c1-16-9-12-25-19(15-24-10-4-2-3-5-11-24)21(23-20(25)13-16)17-7-6-8-18(22)14-17/h6-9,12-14H,2-5,10-11,15,22H2,1H3. The molecule has 4 heteroatoms. The number of aryl methyl sites for hydroxylation is 1. The Bertz CT molecular complexity index is 873. The molecule has 2 N–H and O–H groups in total. The molecule has 130 valence electrons. The van der Waals surface area contributed by atoms with Crippen LogP contribution in [-0.4, -0.2) is 27.4 Å². The summed E-state index contributed by atoms with van der Waals surface area (Å²) in [4.78, 5) is 7.53. The second-order valence-corrected chi connectivity index (χ2v) is 7.16. The van der Waals surface area contributed by atoms with Crippen LogP contribution >= 0.6 is 0 Å². The van der Waals surface area contributed by atoms with Crippen LogP contribution in [0.3, 0.4) is 0 Å². The molecule has 4 nitrogen and oxygen atoms in total. The second kappa shape index (κ2) is 6.89. The lowest BCUT2D eigenvalue weighted by molar-refractivity contribution is 0.273. The average Bonchev–Trinajstić information content (AvgIpc) is 2.77. The molecule has 25 heavy (non-hydrogen) atoms. The van der Waals surface area contributed by atoms with Crippen LogP contribution in [-0.2, 0) is 6.54 Å². The first-order chi connectivity index (χ1) is 12.2. The third-order valence-corrected chi connectivity index (χ3v) is 5.11. The lowest BCUT2D eigenvalue weighted by Crippen LogP contribution is -2.25. The summed E-state index contributed by atoms with van der Waals surface area (Å²) in [6, 6.07) is 12.4. The number of rotatable bonds is 3. The first-order valence-electron chi connectivity index (χ1n) is 9.26. The summed E-state index contributed by atoms with van der Waals surface area (Å²) in [5, 5.41) is 0. The van der Waals surface area contributed by atoms with E-state index in [4.69, 9.17) is 10.7 Å². The summed E-state index contributed by atoms with van der Waals surface area (Å²) in [5.41, 5.74) is 12.5. The Morgan fingerprint density at radius 3 is 2.60 bits per heavy atom. The SMILES string of the molecule is Cc1ccn2c(CN3CCCCCC3)c(-c3cccc(N)c3)nc2c1. The van der Waals surface area contributed by atoms with Crippen LogP contribution in [0.2, 0.25) is 0 Å². The van der Waals surface area contributed by atoms with Crippen molar-refractivity contribution in [2.24, 2.45) is 0 Å². The first kappa shape index (κ1) is 16.2. The molecular weight excluding hydrogens is 308 g/mol. The monoisotopic (exact) mass is 334 g/mol. The molecule has 3 aromatic rings. The maximum Gasteiger partial charge on any atom is 0.137 e. The normalized spacial score (nSPS) is 16.2. The van der Waals surface area contributed by atoms with Crippen molar-refractivity contribution in [2.75, 3.05) is 18.8 Å². The van der Waals surface area contributed by atoms with E-state index in [0.29, 0.717) is 0 Å². The number of hydrogen-bond acceptors (Lipinski definition) is 3. The van der Waals surface area contributed by atoms with E-state index in [1.807, 2.05) is 18.2 Å². The molecule has 1 aliphatic rings. The minimum atomic E-state index is 0.784. The van der Waals surface area contributed by atoms with Crippen LogP contribution in [0, 0.1) is 6.92 Å². The van der Waals surface area contributed by atoms with Crippen molar-refractivity contribution < 1.29 is 0 Å². The molecule has 1 aromatic carbocycles. The molecule has 0 atom stereocenters. The fraction of sp³-hybridized carbons (Fsp3) is 0.381. The maximum atomic E-state index is 6.02. The van der Waals surface area contributed by atoms with Gasteiger partial charge in [-0.1, -0.05) is 25.0 Å². The zero-order chi connectivity index (χ0) is 17.2. The predicted octanol–water partition coefficient (Wildman–Crippen LogP) is 4.27. The number of hydrogen-bond donors (Lipinski definition) is 1. The Morgan fingerprint density at radius 1 is 1.04 bits per heavy atom. The molecule has 0 spiro atoms. The van der Waals surface area contributed by atoms with Crippen molar-refractivity contribution in [3.63, 3.8) is 0 Å². The van der Waals surface area contributed by atoms with Crippen molar-refractivity contribution >= 4 is 11.3 Å². The molecule has 1 fully saturated rings. The molecule has 1 saturated heterocycles. The highest BCUT2D eigenvalue weighted by atomic mass is 15.1. The number of nitrogen functional groups attached to an aromatic ring is 1. The molecule has 0 radical (unpaired) electrons. The average molecular weight is 334 g/mol. The maximum absolute atomic E-state index is 6.02. The summed E-state index contributed by atoms with van der Waals surface area (Å²) in [6.45, 7) is 5.41. The van der Waals surface area contributed by atoms with Crippen molar-refractivity contribution in [1.82, 2.24) is 14.3 Å². The van der Waals surface area contributed by atoms with E-state index in [9.17, 15) is 0 Å². The Hall–Kier alpha value is -2.33. The van der Waals surface area contributed by atoms with Gasteiger partial charge >= 0.3 is 0 Å². The fourth-order valence-corrected chi connectivity index (χ4v) is 3.77. The quantitative estimate of drug-likeness (QED) is 0.728. The van der Waals surface area contributed by atoms with Gasteiger partial charge in [-0.25, -0.2) is 4.98 Å². The smallest absolute Gasteiger partial charge is 0.137 e. The predicted molar refractivity (Wildman–Crippen MR) is 104 cm³/mol. The number of aromatic nitrogens is 2. The number of nitrogens with zero attached hydrogens (tertiary/aromatic N) is 3. The van der Waals surface area contributed by atoms with Gasteiger partial charge in [0, 0.05) is 24.0 Å². The number of imidazole rings is 1.